The van der Waals surface area contributed by atoms with E-state index >= 15 is 0 Å². The largest absolute Gasteiger partial charge is 0.381 e. The van der Waals surface area contributed by atoms with Gasteiger partial charge in [-0.05, 0) is 18.8 Å². The topological polar surface area (TPSA) is 39.1 Å². The lowest BCUT2D eigenvalue weighted by Gasteiger charge is -2.22. The minimum absolute atomic E-state index is 0.749. The van der Waals surface area contributed by atoms with Crippen molar-refractivity contribution in [3.8, 4) is 0 Å². The summed E-state index contributed by atoms with van der Waals surface area (Å²) in [5.74, 6) is 1.84. The summed E-state index contributed by atoms with van der Waals surface area (Å²) in [6, 6.07) is 2.00. The molecule has 0 spiro atoms. The number of hydrogen-bond acceptors (Lipinski definition) is 3. The number of aromatic nitrogens is 2. The van der Waals surface area contributed by atoms with E-state index in [0.29, 0.717) is 0 Å². The molecule has 78 valence electrons. The summed E-state index contributed by atoms with van der Waals surface area (Å²) in [7, 11) is 1.95. The van der Waals surface area contributed by atoms with E-state index in [1.807, 2.05) is 24.0 Å². The summed E-state index contributed by atoms with van der Waals surface area (Å²) < 4.78 is 7.18. The Labute approximate surface area is 84.3 Å². The molecule has 14 heavy (non-hydrogen) atoms. The Morgan fingerprint density at radius 1 is 1.57 bits per heavy atom. The molecule has 1 aliphatic rings. The number of ether oxygens (including phenoxy) is 1. The van der Waals surface area contributed by atoms with Gasteiger partial charge in [0, 0.05) is 32.9 Å². The fourth-order valence-electron chi connectivity index (χ4n) is 1.75. The Hall–Kier alpha value is -1.03. The van der Waals surface area contributed by atoms with Gasteiger partial charge in [0.15, 0.2) is 0 Å². The fraction of sp³-hybridized carbons (Fsp3) is 0.700. The molecule has 0 atom stereocenters. The van der Waals surface area contributed by atoms with Crippen molar-refractivity contribution in [2.45, 2.75) is 12.8 Å². The van der Waals surface area contributed by atoms with E-state index in [4.69, 9.17) is 4.74 Å². The second-order valence-corrected chi connectivity index (χ2v) is 3.78. The standard InChI is InChI=1S/C10H17N3O/c1-13-10(2-5-12-13)11-8-9-3-6-14-7-4-9/h2,5,9,11H,3-4,6-8H2,1H3. The molecule has 2 heterocycles. The van der Waals surface area contributed by atoms with Crippen LogP contribution < -0.4 is 5.32 Å². The van der Waals surface area contributed by atoms with Gasteiger partial charge in [-0.1, -0.05) is 0 Å². The van der Waals surface area contributed by atoms with Gasteiger partial charge in [0.25, 0.3) is 0 Å². The highest BCUT2D eigenvalue weighted by atomic mass is 16.5. The molecule has 4 heteroatoms. The van der Waals surface area contributed by atoms with Gasteiger partial charge in [-0.3, -0.25) is 4.68 Å². The maximum atomic E-state index is 5.32. The van der Waals surface area contributed by atoms with Crippen LogP contribution in [0.25, 0.3) is 0 Å². The fourth-order valence-corrected chi connectivity index (χ4v) is 1.75. The number of anilines is 1. The quantitative estimate of drug-likeness (QED) is 0.789. The third-order valence-corrected chi connectivity index (χ3v) is 2.73. The number of aryl methyl sites for hydroxylation is 1. The maximum Gasteiger partial charge on any atom is 0.123 e. The van der Waals surface area contributed by atoms with Crippen molar-refractivity contribution in [3.05, 3.63) is 12.3 Å². The van der Waals surface area contributed by atoms with Crippen molar-refractivity contribution < 1.29 is 4.74 Å². The van der Waals surface area contributed by atoms with E-state index in [0.717, 1.165) is 31.5 Å². The van der Waals surface area contributed by atoms with E-state index in [9.17, 15) is 0 Å². The van der Waals surface area contributed by atoms with E-state index in [1.54, 1.807) is 0 Å². The molecule has 1 fully saturated rings. The van der Waals surface area contributed by atoms with Crippen LogP contribution in [-0.4, -0.2) is 29.5 Å². The van der Waals surface area contributed by atoms with Crippen LogP contribution in [0, 0.1) is 5.92 Å². The van der Waals surface area contributed by atoms with E-state index in [2.05, 4.69) is 10.4 Å². The van der Waals surface area contributed by atoms with Crippen LogP contribution in [-0.2, 0) is 11.8 Å². The molecular formula is C10H17N3O. The van der Waals surface area contributed by atoms with Crippen LogP contribution in [0.4, 0.5) is 5.82 Å². The molecule has 2 rings (SSSR count). The number of nitrogens with zero attached hydrogens (tertiary/aromatic N) is 2. The van der Waals surface area contributed by atoms with Crippen LogP contribution in [0.15, 0.2) is 12.3 Å². The Morgan fingerprint density at radius 3 is 3.00 bits per heavy atom. The predicted octanol–water partition coefficient (Wildman–Crippen LogP) is 1.26. The van der Waals surface area contributed by atoms with E-state index in [1.165, 1.54) is 12.8 Å². The molecule has 1 N–H and O–H groups in total. The highest BCUT2D eigenvalue weighted by molar-refractivity contribution is 5.33. The lowest BCUT2D eigenvalue weighted by atomic mass is 10.0. The molecule has 1 aromatic heterocycles. The number of rotatable bonds is 3. The molecule has 1 aromatic rings. The van der Waals surface area contributed by atoms with Gasteiger partial charge in [0.1, 0.15) is 5.82 Å². The lowest BCUT2D eigenvalue weighted by Crippen LogP contribution is -2.23. The molecule has 1 aliphatic heterocycles. The molecular weight excluding hydrogens is 178 g/mol. The van der Waals surface area contributed by atoms with Crippen molar-refractivity contribution in [3.63, 3.8) is 0 Å². The lowest BCUT2D eigenvalue weighted by molar-refractivity contribution is 0.0699. The monoisotopic (exact) mass is 195 g/mol. The molecule has 0 radical (unpaired) electrons. The first kappa shape index (κ1) is 9.52. The van der Waals surface area contributed by atoms with Crippen LogP contribution in [0.2, 0.25) is 0 Å². The minimum Gasteiger partial charge on any atom is -0.381 e. The van der Waals surface area contributed by atoms with Crippen LogP contribution in [0.5, 0.6) is 0 Å². The van der Waals surface area contributed by atoms with Crippen LogP contribution >= 0.6 is 0 Å². The van der Waals surface area contributed by atoms with Gasteiger partial charge in [0.2, 0.25) is 0 Å². The van der Waals surface area contributed by atoms with Crippen molar-refractivity contribution in [2.24, 2.45) is 13.0 Å². The number of hydrogen-bond donors (Lipinski definition) is 1. The second-order valence-electron chi connectivity index (χ2n) is 3.78. The highest BCUT2D eigenvalue weighted by Crippen LogP contribution is 2.15. The summed E-state index contributed by atoms with van der Waals surface area (Å²) in [5, 5.41) is 7.52. The normalized spacial score (nSPS) is 18.4. The van der Waals surface area contributed by atoms with Gasteiger partial charge in [-0.2, -0.15) is 5.10 Å². The summed E-state index contributed by atoms with van der Waals surface area (Å²) in [5.41, 5.74) is 0. The third kappa shape index (κ3) is 2.26. The molecule has 0 saturated carbocycles. The SMILES string of the molecule is Cn1nccc1NCC1CCOCC1. The zero-order chi connectivity index (χ0) is 9.80. The van der Waals surface area contributed by atoms with E-state index < -0.39 is 0 Å². The minimum atomic E-state index is 0.749. The Balaban J connectivity index is 1.79. The molecule has 0 aliphatic carbocycles. The highest BCUT2D eigenvalue weighted by Gasteiger charge is 2.13. The Kier molecular flexibility index (Phi) is 3.03. The summed E-state index contributed by atoms with van der Waals surface area (Å²) in [6.07, 6.45) is 4.15. The first-order valence-corrected chi connectivity index (χ1v) is 5.16. The summed E-state index contributed by atoms with van der Waals surface area (Å²) in [4.78, 5) is 0. The zero-order valence-corrected chi connectivity index (χ0v) is 8.57. The molecule has 4 nitrogen and oxygen atoms in total. The predicted molar refractivity (Wildman–Crippen MR) is 55.2 cm³/mol. The first-order valence-electron chi connectivity index (χ1n) is 5.16. The van der Waals surface area contributed by atoms with Crippen molar-refractivity contribution in [1.82, 2.24) is 9.78 Å². The van der Waals surface area contributed by atoms with Crippen molar-refractivity contribution in [1.29, 1.82) is 0 Å². The van der Waals surface area contributed by atoms with E-state index in [-0.39, 0.29) is 0 Å². The summed E-state index contributed by atoms with van der Waals surface area (Å²) >= 11 is 0. The van der Waals surface area contributed by atoms with Crippen LogP contribution in [0.3, 0.4) is 0 Å². The van der Waals surface area contributed by atoms with Gasteiger partial charge < -0.3 is 10.1 Å². The van der Waals surface area contributed by atoms with Gasteiger partial charge >= 0.3 is 0 Å². The van der Waals surface area contributed by atoms with Gasteiger partial charge in [-0.15, -0.1) is 0 Å². The smallest absolute Gasteiger partial charge is 0.123 e. The first-order chi connectivity index (χ1) is 6.86. The summed E-state index contributed by atoms with van der Waals surface area (Å²) in [6.45, 7) is 2.86. The van der Waals surface area contributed by atoms with Gasteiger partial charge in [-0.25, -0.2) is 0 Å². The Bertz CT molecular complexity index is 279. The average molecular weight is 195 g/mol. The van der Waals surface area contributed by atoms with Crippen molar-refractivity contribution in [2.75, 3.05) is 25.1 Å². The molecule has 0 bridgehead atoms. The molecule has 1 saturated heterocycles. The Morgan fingerprint density at radius 2 is 2.36 bits per heavy atom. The molecule has 0 amide bonds. The average Bonchev–Trinajstić information content (AvgIpc) is 2.63. The third-order valence-electron chi connectivity index (χ3n) is 2.73. The maximum absolute atomic E-state index is 5.32. The molecule has 0 unspecified atom stereocenters. The second kappa shape index (κ2) is 4.46. The van der Waals surface area contributed by atoms with Crippen LogP contribution in [0.1, 0.15) is 12.8 Å². The molecule has 0 aromatic carbocycles. The number of nitrogens with one attached hydrogen (secondary N) is 1. The van der Waals surface area contributed by atoms with Gasteiger partial charge in [0.05, 0.1) is 6.20 Å². The van der Waals surface area contributed by atoms with Crippen molar-refractivity contribution >= 4 is 5.82 Å². The zero-order valence-electron chi connectivity index (χ0n) is 8.57.